The van der Waals surface area contributed by atoms with Crippen LogP contribution in [0.3, 0.4) is 0 Å². The maximum atomic E-state index is 13.2. The number of imidazole rings is 1. The minimum atomic E-state index is -0.351. The Labute approximate surface area is 177 Å². The first-order valence-corrected chi connectivity index (χ1v) is 10.4. The topological polar surface area (TPSA) is 59.3 Å². The van der Waals surface area contributed by atoms with Crippen LogP contribution in [-0.2, 0) is 17.1 Å². The average molecular weight is 418 g/mol. The highest BCUT2D eigenvalue weighted by atomic mass is 32.2. The molecule has 7 heteroatoms. The highest BCUT2D eigenvalue weighted by molar-refractivity contribution is 7.98. The van der Waals surface area contributed by atoms with Gasteiger partial charge in [0.1, 0.15) is 18.2 Å². The zero-order chi connectivity index (χ0) is 20.8. The molecule has 3 aromatic carbocycles. The molecule has 30 heavy (non-hydrogen) atoms. The Morgan fingerprint density at radius 2 is 1.87 bits per heavy atom. The second-order valence-corrected chi connectivity index (χ2v) is 7.60. The van der Waals surface area contributed by atoms with Gasteiger partial charge in [0.2, 0.25) is 0 Å². The van der Waals surface area contributed by atoms with E-state index in [9.17, 15) is 9.18 Å². The molecule has 0 aliphatic carbocycles. The monoisotopic (exact) mass is 418 g/mol. The molecule has 1 N–H and O–H groups in total. The maximum absolute atomic E-state index is 13.2. The highest BCUT2D eigenvalue weighted by Crippen LogP contribution is 2.24. The Bertz CT molecular complexity index is 1190. The van der Waals surface area contributed by atoms with Gasteiger partial charge < -0.3 is 4.57 Å². The lowest BCUT2D eigenvalue weighted by molar-refractivity contribution is -0.121. The van der Waals surface area contributed by atoms with E-state index in [1.165, 1.54) is 18.3 Å². The summed E-state index contributed by atoms with van der Waals surface area (Å²) in [7, 11) is 0. The SMILES string of the molecule is O=C(Cn1c(CSc2ccccc2)nc2ccccc21)NN=Cc1cccc(F)c1. The number of thioether (sulfide) groups is 1. The first-order valence-electron chi connectivity index (χ1n) is 9.38. The molecule has 5 nitrogen and oxygen atoms in total. The van der Waals surface area contributed by atoms with Gasteiger partial charge in [-0.1, -0.05) is 42.5 Å². The van der Waals surface area contributed by atoms with E-state index in [0.29, 0.717) is 11.3 Å². The van der Waals surface area contributed by atoms with Gasteiger partial charge in [-0.15, -0.1) is 11.8 Å². The van der Waals surface area contributed by atoms with E-state index in [0.717, 1.165) is 21.8 Å². The maximum Gasteiger partial charge on any atom is 0.260 e. The average Bonchev–Trinajstić information content (AvgIpc) is 3.10. The molecule has 1 amide bonds. The lowest BCUT2D eigenvalue weighted by Gasteiger charge is -2.08. The third kappa shape index (κ3) is 4.93. The van der Waals surface area contributed by atoms with Crippen molar-refractivity contribution in [1.29, 1.82) is 0 Å². The Hall–Kier alpha value is -3.45. The summed E-state index contributed by atoms with van der Waals surface area (Å²) in [5.41, 5.74) is 4.82. The van der Waals surface area contributed by atoms with Crippen molar-refractivity contribution in [3.63, 3.8) is 0 Å². The van der Waals surface area contributed by atoms with Crippen LogP contribution in [0.25, 0.3) is 11.0 Å². The molecule has 0 aliphatic rings. The van der Waals surface area contributed by atoms with Gasteiger partial charge in [0.25, 0.3) is 5.91 Å². The highest BCUT2D eigenvalue weighted by Gasteiger charge is 2.13. The molecule has 4 rings (SSSR count). The number of nitrogens with one attached hydrogen (secondary N) is 1. The van der Waals surface area contributed by atoms with Crippen molar-refractivity contribution in [3.8, 4) is 0 Å². The molecule has 1 heterocycles. The second kappa shape index (κ2) is 9.37. The van der Waals surface area contributed by atoms with Crippen molar-refractivity contribution in [2.24, 2.45) is 5.10 Å². The molecule has 0 bridgehead atoms. The Kier molecular flexibility index (Phi) is 6.20. The largest absolute Gasteiger partial charge is 0.318 e. The van der Waals surface area contributed by atoms with Crippen molar-refractivity contribution in [2.45, 2.75) is 17.2 Å². The number of para-hydroxylation sites is 2. The van der Waals surface area contributed by atoms with Gasteiger partial charge in [-0.05, 0) is 42.0 Å². The van der Waals surface area contributed by atoms with E-state index in [2.05, 4.69) is 10.5 Å². The predicted molar refractivity (Wildman–Crippen MR) is 118 cm³/mol. The molecule has 0 saturated heterocycles. The first kappa shape index (κ1) is 19.8. The van der Waals surface area contributed by atoms with Crippen LogP contribution in [0.15, 0.2) is 88.9 Å². The number of hydrazone groups is 1. The van der Waals surface area contributed by atoms with Crippen molar-refractivity contribution >= 4 is 34.9 Å². The number of carbonyl (C=O) groups is 1. The molecular formula is C23H19FN4OS. The number of hydrogen-bond donors (Lipinski definition) is 1. The fraction of sp³-hybridized carbons (Fsp3) is 0.0870. The molecule has 0 fully saturated rings. The number of amides is 1. The summed E-state index contributed by atoms with van der Waals surface area (Å²) in [6, 6.07) is 23.8. The zero-order valence-corrected chi connectivity index (χ0v) is 16.8. The van der Waals surface area contributed by atoms with Crippen LogP contribution in [0.4, 0.5) is 4.39 Å². The van der Waals surface area contributed by atoms with Crippen LogP contribution in [0.2, 0.25) is 0 Å². The van der Waals surface area contributed by atoms with Crippen molar-refractivity contribution in [2.75, 3.05) is 0 Å². The lowest BCUT2D eigenvalue weighted by Crippen LogP contribution is -2.24. The van der Waals surface area contributed by atoms with Gasteiger partial charge in [-0.2, -0.15) is 5.10 Å². The number of aromatic nitrogens is 2. The summed E-state index contributed by atoms with van der Waals surface area (Å²) in [6.45, 7) is 0.0890. The number of fused-ring (bicyclic) bond motifs is 1. The van der Waals surface area contributed by atoms with Crippen LogP contribution in [0.1, 0.15) is 11.4 Å². The standard InChI is InChI=1S/C23H19FN4OS/c24-18-8-6-7-17(13-18)14-25-27-23(29)15-28-21-12-5-4-11-20(21)26-22(28)16-30-19-9-2-1-3-10-19/h1-14H,15-16H2,(H,27,29). The Morgan fingerprint density at radius 3 is 2.70 bits per heavy atom. The van der Waals surface area contributed by atoms with E-state index >= 15 is 0 Å². The zero-order valence-electron chi connectivity index (χ0n) is 16.0. The lowest BCUT2D eigenvalue weighted by atomic mass is 10.2. The molecule has 0 radical (unpaired) electrons. The van der Waals surface area contributed by atoms with Gasteiger partial charge in [0, 0.05) is 4.90 Å². The molecule has 1 aromatic heterocycles. The number of carbonyl (C=O) groups excluding carboxylic acids is 1. The van der Waals surface area contributed by atoms with Crippen molar-refractivity contribution in [1.82, 2.24) is 15.0 Å². The van der Waals surface area contributed by atoms with Crippen LogP contribution < -0.4 is 5.43 Å². The number of nitrogens with zero attached hydrogens (tertiary/aromatic N) is 3. The van der Waals surface area contributed by atoms with Gasteiger partial charge >= 0.3 is 0 Å². The summed E-state index contributed by atoms with van der Waals surface area (Å²) >= 11 is 1.67. The fourth-order valence-electron chi connectivity index (χ4n) is 3.02. The van der Waals surface area contributed by atoms with E-state index in [1.54, 1.807) is 23.9 Å². The first-order chi connectivity index (χ1) is 14.7. The fourth-order valence-corrected chi connectivity index (χ4v) is 3.89. The Morgan fingerprint density at radius 1 is 1.07 bits per heavy atom. The molecule has 0 spiro atoms. The number of hydrogen-bond acceptors (Lipinski definition) is 4. The van der Waals surface area contributed by atoms with Crippen LogP contribution in [0, 0.1) is 5.82 Å². The number of benzene rings is 3. The Balaban J connectivity index is 1.48. The molecule has 0 saturated carbocycles. The smallest absolute Gasteiger partial charge is 0.260 e. The van der Waals surface area contributed by atoms with Gasteiger partial charge in [-0.3, -0.25) is 4.79 Å². The van der Waals surface area contributed by atoms with Gasteiger partial charge in [-0.25, -0.2) is 14.8 Å². The number of rotatable bonds is 7. The minimum absolute atomic E-state index is 0.0890. The van der Waals surface area contributed by atoms with Crippen LogP contribution >= 0.6 is 11.8 Å². The summed E-state index contributed by atoms with van der Waals surface area (Å²) in [5, 5.41) is 3.94. The molecule has 4 aromatic rings. The summed E-state index contributed by atoms with van der Waals surface area (Å²) in [4.78, 5) is 18.3. The second-order valence-electron chi connectivity index (χ2n) is 6.55. The van der Waals surface area contributed by atoms with Crippen LogP contribution in [0.5, 0.6) is 0 Å². The molecule has 0 unspecified atom stereocenters. The molecular weight excluding hydrogens is 399 g/mol. The predicted octanol–water partition coefficient (Wildman–Crippen LogP) is 4.62. The van der Waals surface area contributed by atoms with Crippen molar-refractivity contribution < 1.29 is 9.18 Å². The van der Waals surface area contributed by atoms with Gasteiger partial charge in [0.15, 0.2) is 0 Å². The quantitative estimate of drug-likeness (QED) is 0.271. The summed E-state index contributed by atoms with van der Waals surface area (Å²) in [5.74, 6) is 0.820. The van der Waals surface area contributed by atoms with E-state index < -0.39 is 0 Å². The molecule has 0 atom stereocenters. The van der Waals surface area contributed by atoms with Crippen LogP contribution in [-0.4, -0.2) is 21.7 Å². The molecule has 0 aliphatic heterocycles. The van der Waals surface area contributed by atoms with E-state index in [1.807, 2.05) is 59.2 Å². The minimum Gasteiger partial charge on any atom is -0.318 e. The third-order valence-electron chi connectivity index (χ3n) is 4.40. The molecule has 150 valence electrons. The normalized spacial score (nSPS) is 11.2. The summed E-state index contributed by atoms with van der Waals surface area (Å²) in [6.07, 6.45) is 1.42. The third-order valence-corrected chi connectivity index (χ3v) is 5.41. The van der Waals surface area contributed by atoms with Crippen molar-refractivity contribution in [3.05, 3.63) is 96.1 Å². The summed E-state index contributed by atoms with van der Waals surface area (Å²) < 4.78 is 15.1. The van der Waals surface area contributed by atoms with E-state index in [-0.39, 0.29) is 18.3 Å². The number of halogens is 1. The van der Waals surface area contributed by atoms with E-state index in [4.69, 9.17) is 4.98 Å². The van der Waals surface area contributed by atoms with Gasteiger partial charge in [0.05, 0.1) is 23.0 Å².